The highest BCUT2D eigenvalue weighted by atomic mass is 32.1. The third-order valence-corrected chi connectivity index (χ3v) is 4.84. The normalized spacial score (nSPS) is 15.4. The van der Waals surface area contributed by atoms with Crippen LogP contribution in [0.5, 0.6) is 5.75 Å². The van der Waals surface area contributed by atoms with Crippen LogP contribution >= 0.6 is 11.3 Å². The number of ether oxygens (including phenoxy) is 1. The van der Waals surface area contributed by atoms with Crippen molar-refractivity contribution in [3.63, 3.8) is 0 Å². The van der Waals surface area contributed by atoms with Crippen molar-refractivity contribution >= 4 is 27.4 Å². The molecule has 0 spiro atoms. The maximum Gasteiger partial charge on any atom is 0.269 e. The number of aromatic nitrogens is 2. The summed E-state index contributed by atoms with van der Waals surface area (Å²) in [6.45, 7) is 3.71. The average Bonchev–Trinajstić information content (AvgIpc) is 3.21. The van der Waals surface area contributed by atoms with Crippen molar-refractivity contribution in [3.05, 3.63) is 24.3 Å². The largest absolute Gasteiger partial charge is 0.497 e. The number of hydrogen-bond acceptors (Lipinski definition) is 7. The summed E-state index contributed by atoms with van der Waals surface area (Å²) in [5.41, 5.74) is 0. The van der Waals surface area contributed by atoms with Gasteiger partial charge in [-0.3, -0.25) is 0 Å². The molecule has 0 amide bonds. The number of fused-ring (bicyclic) bond motifs is 1. The third kappa shape index (κ3) is 2.42. The van der Waals surface area contributed by atoms with E-state index in [9.17, 15) is 0 Å². The fourth-order valence-corrected chi connectivity index (χ4v) is 3.57. The SMILES string of the molecule is COc1ccc2cc(-c3nc(N4CCNCC4)no3)sc2c1. The Morgan fingerprint density at radius 3 is 2.95 bits per heavy atom. The van der Waals surface area contributed by atoms with E-state index < -0.39 is 0 Å². The predicted octanol–water partition coefficient (Wildman–Crippen LogP) is 2.37. The maximum absolute atomic E-state index is 5.45. The standard InChI is InChI=1S/C15H16N4O2S/c1-20-11-3-2-10-8-13(22-12(10)9-11)14-17-15(18-21-14)19-6-4-16-5-7-19/h2-3,8-9,16H,4-7H2,1H3. The van der Waals surface area contributed by atoms with Gasteiger partial charge in [-0.05, 0) is 34.8 Å². The molecule has 4 rings (SSSR count). The Bertz CT molecular complexity index is 792. The van der Waals surface area contributed by atoms with Gasteiger partial charge in [-0.25, -0.2) is 0 Å². The lowest BCUT2D eigenvalue weighted by atomic mass is 10.2. The highest BCUT2D eigenvalue weighted by molar-refractivity contribution is 7.22. The number of hydrogen-bond donors (Lipinski definition) is 1. The lowest BCUT2D eigenvalue weighted by Gasteiger charge is -2.25. The summed E-state index contributed by atoms with van der Waals surface area (Å²) in [4.78, 5) is 7.66. The molecule has 1 aliphatic rings. The van der Waals surface area contributed by atoms with Crippen LogP contribution in [-0.4, -0.2) is 43.4 Å². The van der Waals surface area contributed by atoms with Crippen LogP contribution in [0.2, 0.25) is 0 Å². The van der Waals surface area contributed by atoms with E-state index in [2.05, 4.69) is 26.4 Å². The van der Waals surface area contributed by atoms with Crippen molar-refractivity contribution in [1.82, 2.24) is 15.5 Å². The minimum Gasteiger partial charge on any atom is -0.497 e. The molecule has 6 nitrogen and oxygen atoms in total. The lowest BCUT2D eigenvalue weighted by molar-refractivity contribution is 0.415. The van der Waals surface area contributed by atoms with Crippen LogP contribution in [0.1, 0.15) is 0 Å². The van der Waals surface area contributed by atoms with Gasteiger partial charge in [0.15, 0.2) is 0 Å². The second-order valence-corrected chi connectivity index (χ2v) is 6.23. The molecule has 3 aromatic rings. The van der Waals surface area contributed by atoms with E-state index in [4.69, 9.17) is 9.26 Å². The number of piperazine rings is 1. The minimum absolute atomic E-state index is 0.577. The number of nitrogens with zero attached hydrogens (tertiary/aromatic N) is 3. The number of thiophene rings is 1. The fraction of sp³-hybridized carbons (Fsp3) is 0.333. The van der Waals surface area contributed by atoms with E-state index in [1.807, 2.05) is 18.2 Å². The molecule has 2 aromatic heterocycles. The molecule has 0 aliphatic carbocycles. The van der Waals surface area contributed by atoms with Crippen molar-refractivity contribution in [3.8, 4) is 16.5 Å². The van der Waals surface area contributed by atoms with Gasteiger partial charge in [-0.1, -0.05) is 0 Å². The van der Waals surface area contributed by atoms with E-state index in [1.54, 1.807) is 18.4 Å². The zero-order chi connectivity index (χ0) is 14.9. The summed E-state index contributed by atoms with van der Waals surface area (Å²) in [6.07, 6.45) is 0. The van der Waals surface area contributed by atoms with Gasteiger partial charge in [0, 0.05) is 30.9 Å². The number of benzene rings is 1. The molecule has 3 heterocycles. The molecule has 1 N–H and O–H groups in total. The number of nitrogens with one attached hydrogen (secondary N) is 1. The van der Waals surface area contributed by atoms with Gasteiger partial charge in [0.1, 0.15) is 5.75 Å². The van der Waals surface area contributed by atoms with Crippen LogP contribution in [0, 0.1) is 0 Å². The molecule has 0 bridgehead atoms. The van der Waals surface area contributed by atoms with Crippen molar-refractivity contribution in [2.75, 3.05) is 38.2 Å². The Morgan fingerprint density at radius 1 is 1.27 bits per heavy atom. The summed E-state index contributed by atoms with van der Waals surface area (Å²) in [7, 11) is 1.67. The first-order chi connectivity index (χ1) is 10.8. The topological polar surface area (TPSA) is 63.4 Å². The highest BCUT2D eigenvalue weighted by Crippen LogP contribution is 2.35. The van der Waals surface area contributed by atoms with Crippen LogP contribution in [0.25, 0.3) is 20.9 Å². The second-order valence-electron chi connectivity index (χ2n) is 5.15. The lowest BCUT2D eigenvalue weighted by Crippen LogP contribution is -2.44. The first kappa shape index (κ1) is 13.5. The van der Waals surface area contributed by atoms with Crippen LogP contribution in [-0.2, 0) is 0 Å². The molecule has 1 aliphatic heterocycles. The summed E-state index contributed by atoms with van der Waals surface area (Å²) < 4.78 is 11.9. The first-order valence-electron chi connectivity index (χ1n) is 7.21. The van der Waals surface area contributed by atoms with Gasteiger partial charge >= 0.3 is 0 Å². The van der Waals surface area contributed by atoms with E-state index in [0.29, 0.717) is 11.8 Å². The average molecular weight is 316 g/mol. The molecule has 7 heteroatoms. The Morgan fingerprint density at radius 2 is 2.14 bits per heavy atom. The molecular weight excluding hydrogens is 300 g/mol. The molecule has 0 saturated carbocycles. The van der Waals surface area contributed by atoms with Crippen LogP contribution < -0.4 is 15.0 Å². The van der Waals surface area contributed by atoms with Gasteiger partial charge < -0.3 is 19.5 Å². The summed E-state index contributed by atoms with van der Waals surface area (Å²) in [5, 5.41) is 8.58. The molecule has 0 unspecified atom stereocenters. The molecule has 0 radical (unpaired) electrons. The number of rotatable bonds is 3. The van der Waals surface area contributed by atoms with Gasteiger partial charge in [0.25, 0.3) is 11.8 Å². The second kappa shape index (κ2) is 5.58. The molecule has 1 fully saturated rings. The van der Waals surface area contributed by atoms with Gasteiger partial charge in [0.2, 0.25) is 0 Å². The monoisotopic (exact) mass is 316 g/mol. The van der Waals surface area contributed by atoms with E-state index in [-0.39, 0.29) is 0 Å². The molecular formula is C15H16N4O2S. The summed E-state index contributed by atoms with van der Waals surface area (Å²) >= 11 is 1.63. The Kier molecular flexibility index (Phi) is 3.44. The smallest absolute Gasteiger partial charge is 0.269 e. The molecule has 22 heavy (non-hydrogen) atoms. The number of methoxy groups -OCH3 is 1. The van der Waals surface area contributed by atoms with Crippen LogP contribution in [0.4, 0.5) is 5.95 Å². The fourth-order valence-electron chi connectivity index (χ4n) is 2.55. The zero-order valence-corrected chi connectivity index (χ0v) is 13.0. The molecule has 0 atom stereocenters. The Balaban J connectivity index is 1.65. The van der Waals surface area contributed by atoms with Crippen molar-refractivity contribution in [2.24, 2.45) is 0 Å². The zero-order valence-electron chi connectivity index (χ0n) is 12.2. The Labute approximate surface area is 131 Å². The predicted molar refractivity (Wildman–Crippen MR) is 86.8 cm³/mol. The summed E-state index contributed by atoms with van der Waals surface area (Å²) in [6, 6.07) is 8.10. The van der Waals surface area contributed by atoms with Crippen LogP contribution in [0.15, 0.2) is 28.8 Å². The maximum atomic E-state index is 5.45. The highest BCUT2D eigenvalue weighted by Gasteiger charge is 2.18. The van der Waals surface area contributed by atoms with Crippen molar-refractivity contribution in [2.45, 2.75) is 0 Å². The molecule has 1 aromatic carbocycles. The van der Waals surface area contributed by atoms with E-state index in [0.717, 1.165) is 46.9 Å². The van der Waals surface area contributed by atoms with Gasteiger partial charge in [0.05, 0.1) is 12.0 Å². The Hall–Kier alpha value is -2.12. The van der Waals surface area contributed by atoms with E-state index in [1.165, 1.54) is 0 Å². The minimum atomic E-state index is 0.577. The molecule has 1 saturated heterocycles. The third-order valence-electron chi connectivity index (χ3n) is 3.75. The van der Waals surface area contributed by atoms with Gasteiger partial charge in [-0.2, -0.15) is 4.98 Å². The number of anilines is 1. The molecule has 114 valence electrons. The van der Waals surface area contributed by atoms with E-state index >= 15 is 0 Å². The first-order valence-corrected chi connectivity index (χ1v) is 8.02. The van der Waals surface area contributed by atoms with Crippen LogP contribution in [0.3, 0.4) is 0 Å². The van der Waals surface area contributed by atoms with Gasteiger partial charge in [-0.15, -0.1) is 11.3 Å². The van der Waals surface area contributed by atoms with Crippen molar-refractivity contribution < 1.29 is 9.26 Å². The van der Waals surface area contributed by atoms with Crippen molar-refractivity contribution in [1.29, 1.82) is 0 Å². The summed E-state index contributed by atoms with van der Waals surface area (Å²) in [5.74, 6) is 2.10. The quantitative estimate of drug-likeness (QED) is 0.800.